The highest BCUT2D eigenvalue weighted by atomic mass is 35.5. The minimum atomic E-state index is -0.319. The van der Waals surface area contributed by atoms with Crippen molar-refractivity contribution < 1.29 is 9.59 Å². The lowest BCUT2D eigenvalue weighted by Crippen LogP contribution is -2.48. The molecule has 0 saturated carbocycles. The lowest BCUT2D eigenvalue weighted by molar-refractivity contribution is -0.131. The highest BCUT2D eigenvalue weighted by molar-refractivity contribution is 7.80. The fourth-order valence-corrected chi connectivity index (χ4v) is 4.16. The summed E-state index contributed by atoms with van der Waals surface area (Å²) in [5.41, 5.74) is 3.82. The summed E-state index contributed by atoms with van der Waals surface area (Å²) in [7, 11) is 0. The third-order valence-electron chi connectivity index (χ3n) is 5.75. The van der Waals surface area contributed by atoms with Crippen LogP contribution in [0, 0.1) is 0 Å². The van der Waals surface area contributed by atoms with E-state index in [-0.39, 0.29) is 16.9 Å². The van der Waals surface area contributed by atoms with E-state index in [1.807, 2.05) is 36.1 Å². The summed E-state index contributed by atoms with van der Waals surface area (Å²) in [5.74, 6) is 0.312. The van der Waals surface area contributed by atoms with Crippen molar-refractivity contribution in [2.75, 3.05) is 36.4 Å². The van der Waals surface area contributed by atoms with Crippen molar-refractivity contribution in [2.24, 2.45) is 0 Å². The lowest BCUT2D eigenvalue weighted by Gasteiger charge is -2.37. The van der Waals surface area contributed by atoms with Gasteiger partial charge in [-0.25, -0.2) is 0 Å². The van der Waals surface area contributed by atoms with Crippen molar-refractivity contribution in [2.45, 2.75) is 33.1 Å². The third-order valence-corrected chi connectivity index (χ3v) is 6.19. The minimum Gasteiger partial charge on any atom is -0.366 e. The molecule has 0 bridgehead atoms. The van der Waals surface area contributed by atoms with Crippen molar-refractivity contribution in [1.82, 2.24) is 10.2 Å². The van der Waals surface area contributed by atoms with Gasteiger partial charge in [-0.2, -0.15) is 0 Å². The van der Waals surface area contributed by atoms with Gasteiger partial charge in [0.1, 0.15) is 0 Å². The van der Waals surface area contributed by atoms with E-state index >= 15 is 0 Å². The molecular formula is C26H31ClN4O2S. The first-order valence-electron chi connectivity index (χ1n) is 11.5. The zero-order chi connectivity index (χ0) is 24.7. The Morgan fingerprint density at radius 2 is 1.76 bits per heavy atom. The average Bonchev–Trinajstić information content (AvgIpc) is 2.82. The maximum absolute atomic E-state index is 12.4. The van der Waals surface area contributed by atoms with Crippen LogP contribution in [0.5, 0.6) is 0 Å². The van der Waals surface area contributed by atoms with Gasteiger partial charge in [-0.1, -0.05) is 56.6 Å². The molecule has 1 aliphatic rings. The SMILES string of the molecule is CCC(=O)N1CCN(c2ccc(Cl)cc2NC(=S)NC(=O)/C=C/c2ccc(C(C)C)cc2)CC1. The molecule has 1 aliphatic heterocycles. The molecule has 34 heavy (non-hydrogen) atoms. The van der Waals surface area contributed by atoms with E-state index in [1.54, 1.807) is 12.1 Å². The number of amides is 2. The van der Waals surface area contributed by atoms with Crippen LogP contribution in [-0.2, 0) is 9.59 Å². The first kappa shape index (κ1) is 25.7. The van der Waals surface area contributed by atoms with Crippen LogP contribution < -0.4 is 15.5 Å². The summed E-state index contributed by atoms with van der Waals surface area (Å²) in [5, 5.41) is 6.54. The fourth-order valence-electron chi connectivity index (χ4n) is 3.78. The molecule has 1 saturated heterocycles. The maximum Gasteiger partial charge on any atom is 0.250 e. The number of thiocarbonyl (C=S) groups is 1. The van der Waals surface area contributed by atoms with Crippen LogP contribution in [0.1, 0.15) is 44.2 Å². The van der Waals surface area contributed by atoms with Gasteiger partial charge in [-0.05, 0) is 53.5 Å². The topological polar surface area (TPSA) is 64.7 Å². The lowest BCUT2D eigenvalue weighted by atomic mass is 10.0. The Bertz CT molecular complexity index is 1060. The van der Waals surface area contributed by atoms with Crippen LogP contribution in [-0.4, -0.2) is 48.0 Å². The maximum atomic E-state index is 12.4. The molecule has 1 fully saturated rings. The number of halogens is 1. The number of nitrogens with one attached hydrogen (secondary N) is 2. The molecule has 2 aromatic carbocycles. The van der Waals surface area contributed by atoms with Gasteiger partial charge in [-0.15, -0.1) is 0 Å². The van der Waals surface area contributed by atoms with E-state index in [1.165, 1.54) is 11.6 Å². The van der Waals surface area contributed by atoms with Gasteiger partial charge in [-0.3, -0.25) is 14.9 Å². The molecule has 6 nitrogen and oxygen atoms in total. The molecule has 0 radical (unpaired) electrons. The Labute approximate surface area is 212 Å². The first-order chi connectivity index (χ1) is 16.3. The average molecular weight is 499 g/mol. The van der Waals surface area contributed by atoms with Crippen molar-refractivity contribution in [3.8, 4) is 0 Å². The minimum absolute atomic E-state index is 0.168. The van der Waals surface area contributed by atoms with Gasteiger partial charge in [0, 0.05) is 43.7 Å². The summed E-state index contributed by atoms with van der Waals surface area (Å²) >= 11 is 11.6. The molecule has 1 heterocycles. The standard InChI is InChI=1S/C26H31ClN4O2S/c1-4-25(33)31-15-13-30(14-16-31)23-11-10-21(27)17-22(23)28-26(34)29-24(32)12-7-19-5-8-20(9-6-19)18(2)3/h5-12,17-18H,4,13-16H2,1-3H3,(H2,28,29,32,34)/b12-7+. The Morgan fingerprint density at radius 3 is 2.38 bits per heavy atom. The number of hydrogen-bond donors (Lipinski definition) is 2. The van der Waals surface area contributed by atoms with Crippen molar-refractivity contribution in [3.63, 3.8) is 0 Å². The second-order valence-electron chi connectivity index (χ2n) is 8.48. The van der Waals surface area contributed by atoms with Crippen LogP contribution in [0.4, 0.5) is 11.4 Å². The van der Waals surface area contributed by atoms with Gasteiger partial charge in [0.25, 0.3) is 0 Å². The van der Waals surface area contributed by atoms with Crippen LogP contribution >= 0.6 is 23.8 Å². The molecule has 3 rings (SSSR count). The Morgan fingerprint density at radius 1 is 1.09 bits per heavy atom. The van der Waals surface area contributed by atoms with Gasteiger partial charge in [0.15, 0.2) is 5.11 Å². The number of hydrogen-bond acceptors (Lipinski definition) is 4. The second-order valence-corrected chi connectivity index (χ2v) is 9.33. The van der Waals surface area contributed by atoms with E-state index < -0.39 is 0 Å². The van der Waals surface area contributed by atoms with Crippen LogP contribution in [0.2, 0.25) is 5.02 Å². The summed E-state index contributed by atoms with van der Waals surface area (Å²) in [6.45, 7) is 8.91. The van der Waals surface area contributed by atoms with Gasteiger partial charge in [0.2, 0.25) is 11.8 Å². The molecule has 0 atom stereocenters. The number of rotatable bonds is 6. The molecule has 2 amide bonds. The molecule has 0 aliphatic carbocycles. The number of anilines is 2. The van der Waals surface area contributed by atoms with E-state index in [0.717, 1.165) is 11.3 Å². The Kier molecular flexibility index (Phi) is 9.07. The monoisotopic (exact) mass is 498 g/mol. The van der Waals surface area contributed by atoms with Crippen molar-refractivity contribution in [1.29, 1.82) is 0 Å². The van der Waals surface area contributed by atoms with E-state index in [0.29, 0.717) is 49.2 Å². The largest absolute Gasteiger partial charge is 0.366 e. The van der Waals surface area contributed by atoms with Crippen LogP contribution in [0.25, 0.3) is 6.08 Å². The summed E-state index contributed by atoms with van der Waals surface area (Å²) in [6.07, 6.45) is 3.73. The summed E-state index contributed by atoms with van der Waals surface area (Å²) < 4.78 is 0. The Hall–Kier alpha value is -2.90. The van der Waals surface area contributed by atoms with E-state index in [4.69, 9.17) is 23.8 Å². The van der Waals surface area contributed by atoms with Gasteiger partial charge < -0.3 is 15.1 Å². The molecule has 2 N–H and O–H groups in total. The molecule has 0 spiro atoms. The predicted molar refractivity (Wildman–Crippen MR) is 144 cm³/mol. The summed E-state index contributed by atoms with van der Waals surface area (Å²) in [6, 6.07) is 13.6. The van der Waals surface area contributed by atoms with Crippen molar-refractivity contribution in [3.05, 3.63) is 64.7 Å². The van der Waals surface area contributed by atoms with E-state index in [9.17, 15) is 9.59 Å². The van der Waals surface area contributed by atoms with Gasteiger partial charge in [0.05, 0.1) is 11.4 Å². The van der Waals surface area contributed by atoms with Gasteiger partial charge >= 0.3 is 0 Å². The number of nitrogens with zero attached hydrogens (tertiary/aromatic N) is 2. The zero-order valence-corrected chi connectivity index (χ0v) is 21.4. The second kappa shape index (κ2) is 12.0. The molecule has 0 unspecified atom stereocenters. The van der Waals surface area contributed by atoms with Crippen molar-refractivity contribution >= 4 is 58.2 Å². The highest BCUT2D eigenvalue weighted by Gasteiger charge is 2.22. The molecule has 0 aromatic heterocycles. The molecule has 8 heteroatoms. The first-order valence-corrected chi connectivity index (χ1v) is 12.3. The molecule has 180 valence electrons. The van der Waals surface area contributed by atoms with E-state index in [2.05, 4.69) is 41.5 Å². The smallest absolute Gasteiger partial charge is 0.250 e. The quantitative estimate of drug-likeness (QED) is 0.431. The fraction of sp³-hybridized carbons (Fsp3) is 0.346. The zero-order valence-electron chi connectivity index (χ0n) is 19.8. The normalized spacial score (nSPS) is 13.9. The summed E-state index contributed by atoms with van der Waals surface area (Å²) in [4.78, 5) is 28.4. The number of benzene rings is 2. The molecule has 2 aromatic rings. The molecular weight excluding hydrogens is 468 g/mol. The van der Waals surface area contributed by atoms with Crippen LogP contribution in [0.3, 0.4) is 0 Å². The number of piperazine rings is 1. The Balaban J connectivity index is 1.60. The van der Waals surface area contributed by atoms with Crippen LogP contribution in [0.15, 0.2) is 48.5 Å². The number of carbonyl (C=O) groups is 2. The number of carbonyl (C=O) groups excluding carboxylic acids is 2. The highest BCUT2D eigenvalue weighted by Crippen LogP contribution is 2.30. The third kappa shape index (κ3) is 7.05. The predicted octanol–water partition coefficient (Wildman–Crippen LogP) is 5.05.